The molecule has 3 heterocycles. The molecule has 0 spiro atoms. The summed E-state index contributed by atoms with van der Waals surface area (Å²) < 4.78 is 3.70. The van der Waals surface area contributed by atoms with Crippen LogP contribution in [0.3, 0.4) is 0 Å². The van der Waals surface area contributed by atoms with Gasteiger partial charge in [0.05, 0.1) is 6.33 Å². The number of hydrogen-bond donors (Lipinski definition) is 1. The van der Waals surface area contributed by atoms with Crippen LogP contribution in [-0.2, 0) is 30.2 Å². The Balaban J connectivity index is 1.91. The number of aliphatic carboxylic acids is 1. The molecule has 1 atom stereocenters. The molecule has 2 aromatic rings. The van der Waals surface area contributed by atoms with Gasteiger partial charge in [0, 0.05) is 33.1 Å². The fraction of sp³-hybridized carbons (Fsp3) is 0.588. The Morgan fingerprint density at radius 3 is 2.70 bits per heavy atom. The van der Waals surface area contributed by atoms with Crippen LogP contribution in [0.5, 0.6) is 0 Å². The van der Waals surface area contributed by atoms with Gasteiger partial charge in [0.1, 0.15) is 6.54 Å². The zero-order valence-corrected chi connectivity index (χ0v) is 15.4. The van der Waals surface area contributed by atoms with Gasteiger partial charge in [-0.15, -0.1) is 0 Å². The number of carbonyl (C=O) groups is 2. The Morgan fingerprint density at radius 1 is 1.26 bits per heavy atom. The van der Waals surface area contributed by atoms with Crippen molar-refractivity contribution in [2.75, 3.05) is 6.54 Å². The molecule has 10 heteroatoms. The summed E-state index contributed by atoms with van der Waals surface area (Å²) in [6.07, 6.45) is 4.28. The molecule has 1 amide bonds. The topological polar surface area (TPSA) is 119 Å². The molecule has 1 N–H and O–H groups in total. The van der Waals surface area contributed by atoms with Crippen LogP contribution in [0.25, 0.3) is 11.2 Å². The van der Waals surface area contributed by atoms with Crippen molar-refractivity contribution in [3.63, 3.8) is 0 Å². The van der Waals surface area contributed by atoms with E-state index in [4.69, 9.17) is 5.11 Å². The molecule has 27 heavy (non-hydrogen) atoms. The van der Waals surface area contributed by atoms with Crippen molar-refractivity contribution >= 4 is 23.0 Å². The summed E-state index contributed by atoms with van der Waals surface area (Å²) >= 11 is 0. The van der Waals surface area contributed by atoms with E-state index in [1.165, 1.54) is 22.5 Å². The number of carbonyl (C=O) groups excluding carboxylic acids is 1. The van der Waals surface area contributed by atoms with Gasteiger partial charge < -0.3 is 14.6 Å². The van der Waals surface area contributed by atoms with E-state index in [1.54, 1.807) is 11.9 Å². The van der Waals surface area contributed by atoms with Gasteiger partial charge in [-0.3, -0.25) is 19.0 Å². The molecule has 0 radical (unpaired) electrons. The molecule has 0 aromatic carbocycles. The molecular formula is C17H23N5O5. The second-order valence-corrected chi connectivity index (χ2v) is 6.93. The molecule has 2 aromatic heterocycles. The smallest absolute Gasteiger partial charge is 0.332 e. The van der Waals surface area contributed by atoms with Gasteiger partial charge in [0.2, 0.25) is 5.91 Å². The normalized spacial score (nSPS) is 17.4. The van der Waals surface area contributed by atoms with Gasteiger partial charge in [-0.25, -0.2) is 14.3 Å². The summed E-state index contributed by atoms with van der Waals surface area (Å²) in [6.45, 7) is 0.141. The summed E-state index contributed by atoms with van der Waals surface area (Å²) in [7, 11) is 3.16. The summed E-state index contributed by atoms with van der Waals surface area (Å²) in [6, 6.07) is -0.178. The van der Waals surface area contributed by atoms with E-state index in [-0.39, 0.29) is 36.1 Å². The molecular weight excluding hydrogens is 354 g/mol. The van der Waals surface area contributed by atoms with E-state index in [0.29, 0.717) is 13.0 Å². The van der Waals surface area contributed by atoms with Gasteiger partial charge in [0.25, 0.3) is 5.56 Å². The van der Waals surface area contributed by atoms with E-state index in [1.807, 2.05) is 0 Å². The molecule has 0 bridgehead atoms. The maximum atomic E-state index is 12.8. The fourth-order valence-corrected chi connectivity index (χ4v) is 3.68. The molecule has 1 saturated heterocycles. The molecule has 146 valence electrons. The number of likely N-dealkylation sites (tertiary alicyclic amines) is 1. The lowest BCUT2D eigenvalue weighted by atomic mass is 9.98. The first-order valence-electron chi connectivity index (χ1n) is 8.93. The summed E-state index contributed by atoms with van der Waals surface area (Å²) in [5.74, 6) is -1.24. The van der Waals surface area contributed by atoms with Crippen LogP contribution in [0.15, 0.2) is 15.9 Å². The van der Waals surface area contributed by atoms with E-state index in [2.05, 4.69) is 4.98 Å². The maximum Gasteiger partial charge on any atom is 0.332 e. The van der Waals surface area contributed by atoms with Crippen LogP contribution >= 0.6 is 0 Å². The average molecular weight is 377 g/mol. The maximum absolute atomic E-state index is 12.8. The third-order valence-electron chi connectivity index (χ3n) is 5.13. The average Bonchev–Trinajstić information content (AvgIpc) is 3.03. The van der Waals surface area contributed by atoms with Crippen molar-refractivity contribution in [2.45, 2.75) is 44.7 Å². The largest absolute Gasteiger partial charge is 0.481 e. The Bertz CT molecular complexity index is 1000. The van der Waals surface area contributed by atoms with Crippen LogP contribution < -0.4 is 11.2 Å². The number of rotatable bonds is 5. The molecule has 0 aliphatic carbocycles. The fourth-order valence-electron chi connectivity index (χ4n) is 3.68. The lowest BCUT2D eigenvalue weighted by Gasteiger charge is -2.35. The number of piperidine rings is 1. The molecule has 3 rings (SSSR count). The summed E-state index contributed by atoms with van der Waals surface area (Å²) in [4.78, 5) is 54.7. The van der Waals surface area contributed by atoms with Crippen LogP contribution in [0.1, 0.15) is 32.1 Å². The molecule has 1 aliphatic rings. The first-order valence-corrected chi connectivity index (χ1v) is 8.93. The Morgan fingerprint density at radius 2 is 2.00 bits per heavy atom. The number of carboxylic acid groups (broad SMARTS) is 1. The highest BCUT2D eigenvalue weighted by Crippen LogP contribution is 2.21. The monoisotopic (exact) mass is 377 g/mol. The predicted octanol–water partition coefficient (Wildman–Crippen LogP) is -0.320. The number of carboxylic acids is 1. The molecule has 1 fully saturated rings. The lowest BCUT2D eigenvalue weighted by Crippen LogP contribution is -2.49. The van der Waals surface area contributed by atoms with Crippen LogP contribution in [-0.4, -0.2) is 53.2 Å². The number of aromatic nitrogens is 4. The second kappa shape index (κ2) is 7.37. The number of nitrogens with zero attached hydrogens (tertiary/aromatic N) is 5. The number of fused-ring (bicyclic) bond motifs is 1. The minimum atomic E-state index is -0.903. The number of aryl methyl sites for hydroxylation is 2. The minimum Gasteiger partial charge on any atom is -0.481 e. The minimum absolute atomic E-state index is 0.0167. The Kier molecular flexibility index (Phi) is 5.15. The zero-order valence-electron chi connectivity index (χ0n) is 15.4. The predicted molar refractivity (Wildman–Crippen MR) is 96.4 cm³/mol. The quantitative estimate of drug-likeness (QED) is 0.763. The van der Waals surface area contributed by atoms with Crippen LogP contribution in [0.4, 0.5) is 0 Å². The molecule has 0 saturated carbocycles. The van der Waals surface area contributed by atoms with E-state index >= 15 is 0 Å². The standard InChI is InChI=1S/C17H23N5O5/c1-19-10-18-15-14(19)16(26)22(17(27)20(15)2)9-12(23)21-8-4-3-5-11(21)6-7-13(24)25/h10-11H,3-9H2,1-2H3,(H,24,25). The molecule has 10 nitrogen and oxygen atoms in total. The van der Waals surface area contributed by atoms with Crippen molar-refractivity contribution in [1.29, 1.82) is 0 Å². The van der Waals surface area contributed by atoms with Crippen molar-refractivity contribution in [3.05, 3.63) is 27.2 Å². The number of hydrogen-bond acceptors (Lipinski definition) is 5. The zero-order chi connectivity index (χ0) is 19.7. The Labute approximate surface area is 154 Å². The van der Waals surface area contributed by atoms with Gasteiger partial charge in [-0.1, -0.05) is 0 Å². The van der Waals surface area contributed by atoms with Gasteiger partial charge in [-0.05, 0) is 25.7 Å². The van der Waals surface area contributed by atoms with Gasteiger partial charge >= 0.3 is 11.7 Å². The SMILES string of the molecule is Cn1cnc2c1c(=O)n(CC(=O)N1CCCCC1CCC(=O)O)c(=O)n2C. The summed E-state index contributed by atoms with van der Waals surface area (Å²) in [5.41, 5.74) is -0.626. The third kappa shape index (κ3) is 3.51. The van der Waals surface area contributed by atoms with Crippen molar-refractivity contribution in [3.8, 4) is 0 Å². The first kappa shape index (κ1) is 18.9. The van der Waals surface area contributed by atoms with Crippen molar-refractivity contribution in [2.24, 2.45) is 14.1 Å². The van der Waals surface area contributed by atoms with Crippen LogP contribution in [0, 0.1) is 0 Å². The van der Waals surface area contributed by atoms with E-state index in [9.17, 15) is 19.2 Å². The highest BCUT2D eigenvalue weighted by molar-refractivity contribution is 5.77. The van der Waals surface area contributed by atoms with Crippen LogP contribution in [0.2, 0.25) is 0 Å². The lowest BCUT2D eigenvalue weighted by molar-refractivity contribution is -0.140. The first-order chi connectivity index (χ1) is 12.8. The third-order valence-corrected chi connectivity index (χ3v) is 5.13. The molecule has 1 unspecified atom stereocenters. The number of amides is 1. The van der Waals surface area contributed by atoms with Crippen molar-refractivity contribution in [1.82, 2.24) is 23.6 Å². The van der Waals surface area contributed by atoms with E-state index < -0.39 is 17.2 Å². The van der Waals surface area contributed by atoms with E-state index in [0.717, 1.165) is 23.8 Å². The van der Waals surface area contributed by atoms with Gasteiger partial charge in [0.15, 0.2) is 11.2 Å². The highest BCUT2D eigenvalue weighted by Gasteiger charge is 2.28. The second-order valence-electron chi connectivity index (χ2n) is 6.93. The highest BCUT2D eigenvalue weighted by atomic mass is 16.4. The van der Waals surface area contributed by atoms with Gasteiger partial charge in [-0.2, -0.15) is 0 Å². The summed E-state index contributed by atoms with van der Waals surface area (Å²) in [5, 5.41) is 8.91. The molecule has 1 aliphatic heterocycles. The van der Waals surface area contributed by atoms with Crippen molar-refractivity contribution < 1.29 is 14.7 Å². The Hall–Kier alpha value is -2.91. The number of imidazole rings is 1.